The Morgan fingerprint density at radius 3 is 2.50 bits per heavy atom. The molecular weight excluding hydrogens is 226 g/mol. The number of esters is 1. The van der Waals surface area contributed by atoms with Gasteiger partial charge in [-0.2, -0.15) is 0 Å². The molecule has 0 aromatic heterocycles. The van der Waals surface area contributed by atoms with Crippen molar-refractivity contribution >= 4 is 11.7 Å². The monoisotopic (exact) mass is 249 g/mol. The molecule has 0 spiro atoms. The van der Waals surface area contributed by atoms with Crippen LogP contribution in [0.5, 0.6) is 0 Å². The minimum Gasteiger partial charge on any atom is -0.462 e. The molecular formula is C15H23NO2. The molecule has 0 amide bonds. The fourth-order valence-corrected chi connectivity index (χ4v) is 1.56. The van der Waals surface area contributed by atoms with Crippen molar-refractivity contribution in [2.45, 2.75) is 40.2 Å². The highest BCUT2D eigenvalue weighted by molar-refractivity contribution is 5.95. The predicted molar refractivity (Wildman–Crippen MR) is 74.9 cm³/mol. The number of hydrogen-bond acceptors (Lipinski definition) is 3. The van der Waals surface area contributed by atoms with Crippen LogP contribution in [0.2, 0.25) is 0 Å². The van der Waals surface area contributed by atoms with Crippen LogP contribution < -0.4 is 5.32 Å². The molecule has 0 aliphatic rings. The van der Waals surface area contributed by atoms with E-state index in [9.17, 15) is 4.79 Å². The quantitative estimate of drug-likeness (QED) is 0.781. The molecule has 0 saturated heterocycles. The molecule has 100 valence electrons. The molecule has 0 atom stereocenters. The minimum atomic E-state index is -0.251. The summed E-state index contributed by atoms with van der Waals surface area (Å²) in [5, 5.41) is 3.25. The summed E-state index contributed by atoms with van der Waals surface area (Å²) in [5.74, 6) is 0.293. The molecule has 18 heavy (non-hydrogen) atoms. The zero-order valence-corrected chi connectivity index (χ0v) is 11.7. The molecule has 1 N–H and O–H groups in total. The van der Waals surface area contributed by atoms with Crippen molar-refractivity contribution in [2.24, 2.45) is 5.92 Å². The van der Waals surface area contributed by atoms with Gasteiger partial charge in [-0.1, -0.05) is 26.0 Å². The van der Waals surface area contributed by atoms with Gasteiger partial charge in [0.1, 0.15) is 0 Å². The number of ether oxygens (including phenoxy) is 1. The molecule has 0 saturated carbocycles. The third-order valence-corrected chi connectivity index (χ3v) is 2.52. The summed E-state index contributed by atoms with van der Waals surface area (Å²) in [5.41, 5.74) is 1.44. The lowest BCUT2D eigenvalue weighted by molar-refractivity contribution is 0.0489. The molecule has 0 aliphatic heterocycles. The number of nitrogens with one attached hydrogen (secondary N) is 1. The number of carbonyl (C=O) groups excluding carboxylic acids is 1. The number of para-hydroxylation sites is 1. The molecule has 0 fully saturated rings. The molecule has 0 heterocycles. The van der Waals surface area contributed by atoms with Crippen LogP contribution in [-0.2, 0) is 4.74 Å². The Morgan fingerprint density at radius 1 is 1.22 bits per heavy atom. The van der Waals surface area contributed by atoms with E-state index in [2.05, 4.69) is 19.2 Å². The molecule has 0 radical (unpaired) electrons. The van der Waals surface area contributed by atoms with Crippen LogP contribution in [0, 0.1) is 5.92 Å². The third-order valence-electron chi connectivity index (χ3n) is 2.52. The predicted octanol–water partition coefficient (Wildman–Crippen LogP) is 3.71. The number of benzene rings is 1. The van der Waals surface area contributed by atoms with E-state index in [1.54, 1.807) is 6.07 Å². The van der Waals surface area contributed by atoms with Crippen LogP contribution in [-0.4, -0.2) is 18.6 Å². The van der Waals surface area contributed by atoms with Gasteiger partial charge in [0.05, 0.1) is 12.2 Å². The largest absolute Gasteiger partial charge is 0.462 e. The highest BCUT2D eigenvalue weighted by atomic mass is 16.5. The van der Waals surface area contributed by atoms with Gasteiger partial charge in [-0.05, 0) is 38.3 Å². The van der Waals surface area contributed by atoms with Crippen LogP contribution in [0.25, 0.3) is 0 Å². The zero-order chi connectivity index (χ0) is 13.5. The fraction of sp³-hybridized carbons (Fsp3) is 0.533. The fourth-order valence-electron chi connectivity index (χ4n) is 1.56. The number of carbonyl (C=O) groups is 1. The summed E-state index contributed by atoms with van der Waals surface area (Å²) in [4.78, 5) is 12.0. The van der Waals surface area contributed by atoms with Gasteiger partial charge in [0, 0.05) is 11.7 Å². The van der Waals surface area contributed by atoms with Crippen molar-refractivity contribution in [2.75, 3.05) is 11.9 Å². The molecule has 0 bridgehead atoms. The molecule has 1 aromatic carbocycles. The van der Waals surface area contributed by atoms with E-state index in [0.717, 1.165) is 12.1 Å². The van der Waals surface area contributed by atoms with E-state index in [-0.39, 0.29) is 12.0 Å². The molecule has 0 unspecified atom stereocenters. The van der Waals surface area contributed by atoms with E-state index in [1.165, 1.54) is 0 Å². The summed E-state index contributed by atoms with van der Waals surface area (Å²) in [6, 6.07) is 7.75. The van der Waals surface area contributed by atoms with Gasteiger partial charge in [-0.3, -0.25) is 0 Å². The summed E-state index contributed by atoms with van der Waals surface area (Å²) < 4.78 is 5.28. The second-order valence-electron chi connectivity index (χ2n) is 5.16. The standard InChI is InChI=1S/C15H23NO2/c1-11(2)9-10-18-15(17)13-7-5-6-8-14(13)16-12(3)4/h5-8,11-12,16H,9-10H2,1-4H3. The van der Waals surface area contributed by atoms with Crippen molar-refractivity contribution in [3.05, 3.63) is 29.8 Å². The van der Waals surface area contributed by atoms with Gasteiger partial charge in [-0.25, -0.2) is 4.79 Å². The van der Waals surface area contributed by atoms with Gasteiger partial charge in [0.25, 0.3) is 0 Å². The lowest BCUT2D eigenvalue weighted by Gasteiger charge is -2.14. The maximum Gasteiger partial charge on any atom is 0.340 e. The maximum atomic E-state index is 12.0. The Kier molecular flexibility index (Phi) is 5.69. The second kappa shape index (κ2) is 7.04. The van der Waals surface area contributed by atoms with Crippen molar-refractivity contribution < 1.29 is 9.53 Å². The highest BCUT2D eigenvalue weighted by Crippen LogP contribution is 2.17. The van der Waals surface area contributed by atoms with Crippen LogP contribution in [0.3, 0.4) is 0 Å². The third kappa shape index (κ3) is 4.78. The lowest BCUT2D eigenvalue weighted by Crippen LogP contribution is -2.15. The van der Waals surface area contributed by atoms with E-state index in [1.807, 2.05) is 32.0 Å². The average molecular weight is 249 g/mol. The van der Waals surface area contributed by atoms with Gasteiger partial charge in [0.2, 0.25) is 0 Å². The Morgan fingerprint density at radius 2 is 1.89 bits per heavy atom. The van der Waals surface area contributed by atoms with Crippen LogP contribution >= 0.6 is 0 Å². The molecule has 1 rings (SSSR count). The van der Waals surface area contributed by atoms with Gasteiger partial charge >= 0.3 is 5.97 Å². The number of anilines is 1. The van der Waals surface area contributed by atoms with E-state index in [4.69, 9.17) is 4.74 Å². The van der Waals surface area contributed by atoms with Crippen molar-refractivity contribution in [3.8, 4) is 0 Å². The molecule has 1 aromatic rings. The van der Waals surface area contributed by atoms with E-state index < -0.39 is 0 Å². The first-order chi connectivity index (χ1) is 8.50. The maximum absolute atomic E-state index is 12.0. The van der Waals surface area contributed by atoms with Crippen molar-refractivity contribution in [1.82, 2.24) is 0 Å². The van der Waals surface area contributed by atoms with Crippen molar-refractivity contribution in [1.29, 1.82) is 0 Å². The molecule has 3 nitrogen and oxygen atoms in total. The number of rotatable bonds is 6. The van der Waals surface area contributed by atoms with Crippen LogP contribution in [0.1, 0.15) is 44.5 Å². The summed E-state index contributed by atoms with van der Waals surface area (Å²) >= 11 is 0. The minimum absolute atomic E-state index is 0.251. The van der Waals surface area contributed by atoms with E-state index in [0.29, 0.717) is 18.1 Å². The second-order valence-corrected chi connectivity index (χ2v) is 5.16. The highest BCUT2D eigenvalue weighted by Gasteiger charge is 2.12. The molecule has 3 heteroatoms. The number of hydrogen-bond donors (Lipinski definition) is 1. The van der Waals surface area contributed by atoms with Gasteiger partial charge in [-0.15, -0.1) is 0 Å². The smallest absolute Gasteiger partial charge is 0.340 e. The summed E-state index contributed by atoms with van der Waals surface area (Å²) in [6.07, 6.45) is 0.894. The lowest BCUT2D eigenvalue weighted by atomic mass is 10.1. The van der Waals surface area contributed by atoms with Gasteiger partial charge < -0.3 is 10.1 Å². The average Bonchev–Trinajstić information content (AvgIpc) is 2.28. The van der Waals surface area contributed by atoms with Crippen LogP contribution in [0.15, 0.2) is 24.3 Å². The Labute approximate surface area is 110 Å². The zero-order valence-electron chi connectivity index (χ0n) is 11.7. The normalized spacial score (nSPS) is 10.8. The first-order valence-corrected chi connectivity index (χ1v) is 6.53. The van der Waals surface area contributed by atoms with E-state index >= 15 is 0 Å². The van der Waals surface area contributed by atoms with Gasteiger partial charge in [0.15, 0.2) is 0 Å². The van der Waals surface area contributed by atoms with Crippen LogP contribution in [0.4, 0.5) is 5.69 Å². The summed E-state index contributed by atoms with van der Waals surface area (Å²) in [6.45, 7) is 8.79. The first-order valence-electron chi connectivity index (χ1n) is 6.53. The topological polar surface area (TPSA) is 38.3 Å². The SMILES string of the molecule is CC(C)CCOC(=O)c1ccccc1NC(C)C. The first kappa shape index (κ1) is 14.6. The summed E-state index contributed by atoms with van der Waals surface area (Å²) in [7, 11) is 0. The molecule has 0 aliphatic carbocycles. The Balaban J connectivity index is 2.66. The van der Waals surface area contributed by atoms with Crippen molar-refractivity contribution in [3.63, 3.8) is 0 Å². The Bertz CT molecular complexity index is 386. The Hall–Kier alpha value is -1.51.